The van der Waals surface area contributed by atoms with Crippen molar-refractivity contribution in [3.63, 3.8) is 0 Å². The van der Waals surface area contributed by atoms with Crippen molar-refractivity contribution in [1.29, 1.82) is 0 Å². The first-order valence-electron chi connectivity index (χ1n) is 7.35. The van der Waals surface area contributed by atoms with E-state index < -0.39 is 0 Å². The number of hydrogen-bond acceptors (Lipinski definition) is 1. The number of nitrogens with zero attached hydrogens (tertiary/aromatic N) is 2. The molecule has 0 spiro atoms. The van der Waals surface area contributed by atoms with Gasteiger partial charge in [0, 0.05) is 18.0 Å². The topological polar surface area (TPSA) is 17.8 Å². The quantitative estimate of drug-likeness (QED) is 0.653. The van der Waals surface area contributed by atoms with Crippen LogP contribution in [0.3, 0.4) is 0 Å². The molecule has 1 aromatic heterocycles. The van der Waals surface area contributed by atoms with E-state index in [1.165, 1.54) is 5.57 Å². The summed E-state index contributed by atoms with van der Waals surface area (Å²) in [6, 6.07) is 10.2. The molecule has 0 radical (unpaired) electrons. The van der Waals surface area contributed by atoms with Gasteiger partial charge >= 0.3 is 0 Å². The van der Waals surface area contributed by atoms with Gasteiger partial charge in [-0.3, -0.25) is 4.57 Å². The molecule has 2 rings (SSSR count). The lowest BCUT2D eigenvalue weighted by atomic mass is 10.0. The lowest BCUT2D eigenvalue weighted by molar-refractivity contribution is 1.01. The third kappa shape index (κ3) is 3.05. The monoisotopic (exact) mass is 278 g/mol. The molecule has 0 N–H and O–H groups in total. The third-order valence-electron chi connectivity index (χ3n) is 3.61. The highest BCUT2D eigenvalue weighted by molar-refractivity contribution is 5.73. The van der Waals surface area contributed by atoms with Crippen LogP contribution in [0.1, 0.15) is 26.7 Å². The van der Waals surface area contributed by atoms with E-state index in [4.69, 9.17) is 0 Å². The van der Waals surface area contributed by atoms with Gasteiger partial charge in [-0.15, -0.1) is 0 Å². The molecule has 0 aliphatic carbocycles. The Morgan fingerprint density at radius 2 is 1.90 bits per heavy atom. The molecule has 108 valence electrons. The molecule has 21 heavy (non-hydrogen) atoms. The lowest BCUT2D eigenvalue weighted by Crippen LogP contribution is -2.04. The van der Waals surface area contributed by atoms with E-state index in [2.05, 4.69) is 48.7 Å². The van der Waals surface area contributed by atoms with Crippen LogP contribution in [0.2, 0.25) is 0 Å². The van der Waals surface area contributed by atoms with Gasteiger partial charge in [-0.25, -0.2) is 4.98 Å². The lowest BCUT2D eigenvalue weighted by Gasteiger charge is -2.17. The molecule has 1 heterocycles. The maximum Gasteiger partial charge on any atom is 0.144 e. The number of hydrogen-bond donors (Lipinski definition) is 0. The second kappa shape index (κ2) is 6.89. The average Bonchev–Trinajstić information content (AvgIpc) is 3.01. The summed E-state index contributed by atoms with van der Waals surface area (Å²) in [6.45, 7) is 12.4. The van der Waals surface area contributed by atoms with Crippen molar-refractivity contribution < 1.29 is 0 Å². The summed E-state index contributed by atoms with van der Waals surface area (Å²) in [5.74, 6) is 0.938. The van der Waals surface area contributed by atoms with Gasteiger partial charge < -0.3 is 0 Å². The maximum atomic E-state index is 4.53. The highest BCUT2D eigenvalue weighted by Crippen LogP contribution is 2.29. The summed E-state index contributed by atoms with van der Waals surface area (Å²) < 4.78 is 2.13. The fraction of sp³-hybridized carbons (Fsp3) is 0.211. The van der Waals surface area contributed by atoms with Crippen LogP contribution in [0.4, 0.5) is 0 Å². The predicted molar refractivity (Wildman–Crippen MR) is 90.8 cm³/mol. The zero-order valence-corrected chi connectivity index (χ0v) is 12.8. The van der Waals surface area contributed by atoms with Gasteiger partial charge in [-0.2, -0.15) is 0 Å². The molecule has 2 heteroatoms. The molecule has 0 unspecified atom stereocenters. The van der Waals surface area contributed by atoms with Crippen LogP contribution in [0, 0.1) is 0 Å². The highest BCUT2D eigenvalue weighted by Gasteiger charge is 2.14. The van der Waals surface area contributed by atoms with E-state index in [0.717, 1.165) is 35.5 Å². The first-order valence-corrected chi connectivity index (χ1v) is 7.35. The highest BCUT2D eigenvalue weighted by atomic mass is 15.1. The van der Waals surface area contributed by atoms with Crippen LogP contribution < -0.4 is 0 Å². The average molecular weight is 278 g/mol. The van der Waals surface area contributed by atoms with E-state index in [9.17, 15) is 0 Å². The van der Waals surface area contributed by atoms with Gasteiger partial charge in [-0.1, -0.05) is 63.4 Å². The van der Waals surface area contributed by atoms with Crippen LogP contribution >= 0.6 is 0 Å². The number of imidazole rings is 1. The number of aromatic nitrogens is 2. The SMILES string of the molecule is C=C/C(CC)=C(\C(=C)CC)n1ccnc1-c1ccccc1. The summed E-state index contributed by atoms with van der Waals surface area (Å²) in [4.78, 5) is 4.53. The molecule has 0 saturated heterocycles. The Kier molecular flexibility index (Phi) is 4.94. The second-order valence-corrected chi connectivity index (χ2v) is 4.88. The van der Waals surface area contributed by atoms with Crippen LogP contribution in [0.25, 0.3) is 17.1 Å². The Morgan fingerprint density at radius 1 is 1.19 bits per heavy atom. The summed E-state index contributed by atoms with van der Waals surface area (Å²) in [6.07, 6.45) is 7.58. The molecule has 2 aromatic rings. The van der Waals surface area contributed by atoms with Gasteiger partial charge in [0.2, 0.25) is 0 Å². The summed E-state index contributed by atoms with van der Waals surface area (Å²) in [7, 11) is 0. The van der Waals surface area contributed by atoms with Gasteiger partial charge in [0.25, 0.3) is 0 Å². The van der Waals surface area contributed by atoms with Crippen molar-refractivity contribution in [3.8, 4) is 11.4 Å². The first-order chi connectivity index (χ1) is 10.2. The van der Waals surface area contributed by atoms with E-state index >= 15 is 0 Å². The Bertz CT molecular complexity index is 660. The Hall–Kier alpha value is -2.35. The fourth-order valence-corrected chi connectivity index (χ4v) is 2.41. The Morgan fingerprint density at radius 3 is 2.48 bits per heavy atom. The zero-order chi connectivity index (χ0) is 15.2. The molecular weight excluding hydrogens is 256 g/mol. The molecule has 1 aromatic carbocycles. The van der Waals surface area contributed by atoms with Crippen molar-refractivity contribution in [3.05, 3.63) is 73.1 Å². The third-order valence-corrected chi connectivity index (χ3v) is 3.61. The molecule has 2 nitrogen and oxygen atoms in total. The number of rotatable bonds is 6. The maximum absolute atomic E-state index is 4.53. The smallest absolute Gasteiger partial charge is 0.144 e. The van der Waals surface area contributed by atoms with Gasteiger partial charge in [0.15, 0.2) is 0 Å². The largest absolute Gasteiger partial charge is 0.299 e. The van der Waals surface area contributed by atoms with Crippen LogP contribution in [-0.4, -0.2) is 9.55 Å². The number of benzene rings is 1. The van der Waals surface area contributed by atoms with E-state index in [0.29, 0.717) is 0 Å². The molecular formula is C19H22N2. The summed E-state index contributed by atoms with van der Waals surface area (Å²) in [5.41, 5.74) is 4.51. The van der Waals surface area contributed by atoms with E-state index in [1.54, 1.807) is 0 Å². The standard InChI is InChI=1S/C19H22N2/c1-5-15(4)18(16(6-2)7-3)21-14-13-20-19(21)17-11-9-8-10-12-17/h6,8-14H,2,4-5,7H2,1,3H3/b18-16-. The van der Waals surface area contributed by atoms with Crippen LogP contribution in [-0.2, 0) is 0 Å². The summed E-state index contributed by atoms with van der Waals surface area (Å²) in [5, 5.41) is 0. The van der Waals surface area contributed by atoms with E-state index in [-0.39, 0.29) is 0 Å². The van der Waals surface area contributed by atoms with Crippen LogP contribution in [0.5, 0.6) is 0 Å². The second-order valence-electron chi connectivity index (χ2n) is 4.88. The molecule has 0 atom stereocenters. The minimum atomic E-state index is 0.902. The summed E-state index contributed by atoms with van der Waals surface area (Å²) >= 11 is 0. The Balaban J connectivity index is 2.64. The minimum absolute atomic E-state index is 0.902. The van der Waals surface area contributed by atoms with Crippen molar-refractivity contribution in [2.75, 3.05) is 0 Å². The fourth-order valence-electron chi connectivity index (χ4n) is 2.41. The van der Waals surface area contributed by atoms with E-state index in [1.807, 2.05) is 36.7 Å². The first kappa shape index (κ1) is 15.0. The van der Waals surface area contributed by atoms with Gasteiger partial charge in [0.05, 0.1) is 5.70 Å². The predicted octanol–water partition coefficient (Wildman–Crippen LogP) is 5.32. The molecule has 0 saturated carbocycles. The molecule has 0 aliphatic heterocycles. The van der Waals surface area contributed by atoms with Crippen LogP contribution in [0.15, 0.2) is 73.1 Å². The van der Waals surface area contributed by atoms with Gasteiger partial charge in [0.1, 0.15) is 5.82 Å². The molecule has 0 aliphatic rings. The van der Waals surface area contributed by atoms with Crippen molar-refractivity contribution in [1.82, 2.24) is 9.55 Å². The Labute approximate surface area is 127 Å². The molecule has 0 bridgehead atoms. The molecule has 0 amide bonds. The minimum Gasteiger partial charge on any atom is -0.299 e. The van der Waals surface area contributed by atoms with Gasteiger partial charge in [-0.05, 0) is 24.0 Å². The van der Waals surface area contributed by atoms with Crippen molar-refractivity contribution >= 4 is 5.70 Å². The number of allylic oxidation sites excluding steroid dienone is 4. The van der Waals surface area contributed by atoms with Crippen molar-refractivity contribution in [2.45, 2.75) is 26.7 Å². The zero-order valence-electron chi connectivity index (χ0n) is 12.8. The molecule has 0 fully saturated rings. The van der Waals surface area contributed by atoms with Crippen molar-refractivity contribution in [2.24, 2.45) is 0 Å². The normalized spacial score (nSPS) is 11.9.